The van der Waals surface area contributed by atoms with Gasteiger partial charge in [0.2, 0.25) is 0 Å². The van der Waals surface area contributed by atoms with Crippen molar-refractivity contribution < 1.29 is 32.7 Å². The van der Waals surface area contributed by atoms with Crippen molar-refractivity contribution >= 4 is 17.6 Å². The third-order valence-corrected chi connectivity index (χ3v) is 2.96. The van der Waals surface area contributed by atoms with Crippen LogP contribution >= 0.6 is 0 Å². The molecule has 1 atom stereocenters. The second-order valence-corrected chi connectivity index (χ2v) is 4.82. The first-order chi connectivity index (χ1) is 11.9. The zero-order valence-corrected chi connectivity index (χ0v) is 13.8. The first-order valence-corrected chi connectivity index (χ1v) is 6.69. The van der Waals surface area contributed by atoms with Crippen LogP contribution in [0.5, 0.6) is 0 Å². The van der Waals surface area contributed by atoms with Gasteiger partial charge in [-0.25, -0.2) is 4.79 Å². The number of aliphatic hydroxyl groups is 1. The SMILES string of the molecule is COC(=O)c1cc([N+](=O)[O-])n(C)n1.Cn1nc(C(O)C(F)(F)F)cc1N. The number of hydrogen-bond donors (Lipinski definition) is 2. The molecule has 2 rings (SSSR count). The van der Waals surface area contributed by atoms with Crippen molar-refractivity contribution in [3.8, 4) is 0 Å². The van der Waals surface area contributed by atoms with E-state index in [2.05, 4.69) is 14.9 Å². The van der Waals surface area contributed by atoms with Crippen LogP contribution in [-0.2, 0) is 18.8 Å². The molecule has 0 fully saturated rings. The molecule has 0 saturated heterocycles. The Morgan fingerprint density at radius 3 is 2.27 bits per heavy atom. The summed E-state index contributed by atoms with van der Waals surface area (Å²) in [5, 5.41) is 26.1. The Morgan fingerprint density at radius 2 is 1.92 bits per heavy atom. The number of anilines is 1. The summed E-state index contributed by atoms with van der Waals surface area (Å²) in [7, 11) is 3.95. The number of carbonyl (C=O) groups excluding carboxylic acids is 1. The third-order valence-electron chi connectivity index (χ3n) is 2.96. The topological polar surface area (TPSA) is 151 Å². The molecule has 2 aromatic heterocycles. The highest BCUT2D eigenvalue weighted by Crippen LogP contribution is 2.31. The van der Waals surface area contributed by atoms with Gasteiger partial charge in [-0.15, -0.1) is 4.68 Å². The Balaban J connectivity index is 0.000000260. The van der Waals surface area contributed by atoms with E-state index in [1.165, 1.54) is 21.2 Å². The highest BCUT2D eigenvalue weighted by Gasteiger charge is 2.41. The highest BCUT2D eigenvalue weighted by atomic mass is 19.4. The summed E-state index contributed by atoms with van der Waals surface area (Å²) < 4.78 is 42.2. The maximum Gasteiger partial charge on any atom is 0.420 e. The van der Waals surface area contributed by atoms with E-state index in [0.29, 0.717) is 0 Å². The molecule has 1 unspecified atom stereocenters. The largest absolute Gasteiger partial charge is 0.464 e. The summed E-state index contributed by atoms with van der Waals surface area (Å²) in [5.41, 5.74) is 4.68. The number of halogens is 3. The number of carbonyl (C=O) groups is 1. The molecule has 0 aromatic carbocycles. The molecule has 2 heterocycles. The summed E-state index contributed by atoms with van der Waals surface area (Å²) in [6.07, 6.45) is -7.28. The van der Waals surface area contributed by atoms with Crippen molar-refractivity contribution in [3.63, 3.8) is 0 Å². The number of methoxy groups -OCH3 is 1. The molecule has 0 saturated carbocycles. The minimum atomic E-state index is -4.71. The smallest absolute Gasteiger partial charge is 0.420 e. The molecule has 0 spiro atoms. The monoisotopic (exact) mass is 380 g/mol. The molecule has 14 heteroatoms. The normalized spacial score (nSPS) is 12.1. The average molecular weight is 380 g/mol. The van der Waals surface area contributed by atoms with Crippen LogP contribution in [0.25, 0.3) is 0 Å². The standard InChI is InChI=1S/C6H8F3N3O.C6H7N3O4/c1-12-4(10)2-3(11-12)5(13)6(7,8)9;1-8-5(9(11)12)3-4(7-8)6(10)13-2/h2,5,13H,10H2,1H3;3H,1-2H3. The molecule has 2 aromatic rings. The van der Waals surface area contributed by atoms with E-state index >= 15 is 0 Å². The Labute approximate surface area is 143 Å². The number of hydrogen-bond acceptors (Lipinski definition) is 8. The number of nitrogens with zero attached hydrogens (tertiary/aromatic N) is 5. The lowest BCUT2D eigenvalue weighted by Crippen LogP contribution is -2.20. The Morgan fingerprint density at radius 1 is 1.35 bits per heavy atom. The highest BCUT2D eigenvalue weighted by molar-refractivity contribution is 5.87. The molecule has 0 radical (unpaired) electrons. The van der Waals surface area contributed by atoms with Gasteiger partial charge in [0, 0.05) is 13.1 Å². The van der Waals surface area contributed by atoms with Crippen LogP contribution in [0.1, 0.15) is 22.3 Å². The predicted octanol–water partition coefficient (Wildman–Crippen LogP) is 0.713. The van der Waals surface area contributed by atoms with E-state index < -0.39 is 28.9 Å². The number of aryl methyl sites for hydroxylation is 2. The summed E-state index contributed by atoms with van der Waals surface area (Å²) >= 11 is 0. The van der Waals surface area contributed by atoms with Crippen LogP contribution in [0, 0.1) is 10.1 Å². The van der Waals surface area contributed by atoms with Gasteiger partial charge in [0.1, 0.15) is 18.6 Å². The first-order valence-electron chi connectivity index (χ1n) is 6.69. The molecule has 3 N–H and O–H groups in total. The summed E-state index contributed by atoms with van der Waals surface area (Å²) in [5.74, 6) is -0.873. The van der Waals surface area contributed by atoms with Gasteiger partial charge in [0.25, 0.3) is 0 Å². The second-order valence-electron chi connectivity index (χ2n) is 4.82. The van der Waals surface area contributed by atoms with Crippen molar-refractivity contribution in [3.05, 3.63) is 33.6 Å². The lowest BCUT2D eigenvalue weighted by molar-refractivity contribution is -0.392. The van der Waals surface area contributed by atoms with Crippen molar-refractivity contribution in [2.24, 2.45) is 14.1 Å². The van der Waals surface area contributed by atoms with E-state index in [0.717, 1.165) is 21.5 Å². The molecule has 0 amide bonds. The fourth-order valence-electron chi connectivity index (χ4n) is 1.64. The first kappa shape index (κ1) is 20.9. The molecular weight excluding hydrogens is 365 g/mol. The van der Waals surface area contributed by atoms with Gasteiger partial charge in [-0.3, -0.25) is 4.68 Å². The van der Waals surface area contributed by atoms with Crippen LogP contribution in [0.3, 0.4) is 0 Å². The number of nitro groups is 1. The maximum absolute atomic E-state index is 11.9. The number of nitrogens with two attached hydrogens (primary N) is 1. The van der Waals surface area contributed by atoms with Crippen LogP contribution in [0.4, 0.5) is 24.8 Å². The fraction of sp³-hybridized carbons (Fsp3) is 0.417. The quantitative estimate of drug-likeness (QED) is 0.449. The molecule has 26 heavy (non-hydrogen) atoms. The van der Waals surface area contributed by atoms with Crippen molar-refractivity contribution in [1.82, 2.24) is 19.6 Å². The lowest BCUT2D eigenvalue weighted by Gasteiger charge is -2.10. The summed E-state index contributed by atoms with van der Waals surface area (Å²) in [4.78, 5) is 20.6. The number of rotatable bonds is 3. The number of aromatic nitrogens is 4. The molecule has 144 valence electrons. The zero-order valence-electron chi connectivity index (χ0n) is 13.8. The van der Waals surface area contributed by atoms with Crippen molar-refractivity contribution in [2.75, 3.05) is 12.8 Å². The molecule has 0 aliphatic heterocycles. The average Bonchev–Trinajstić information content (AvgIpc) is 3.08. The minimum Gasteiger partial charge on any atom is -0.464 e. The van der Waals surface area contributed by atoms with Crippen LogP contribution in [0.15, 0.2) is 12.1 Å². The van der Waals surface area contributed by atoms with Gasteiger partial charge in [-0.2, -0.15) is 18.3 Å². The van der Waals surface area contributed by atoms with E-state index in [9.17, 15) is 28.1 Å². The summed E-state index contributed by atoms with van der Waals surface area (Å²) in [6.45, 7) is 0. The van der Waals surface area contributed by atoms with Gasteiger partial charge in [-0.1, -0.05) is 5.10 Å². The molecule has 0 aliphatic rings. The molecule has 0 bridgehead atoms. The number of ether oxygens (including phenoxy) is 1. The second kappa shape index (κ2) is 7.81. The van der Waals surface area contributed by atoms with Crippen LogP contribution in [-0.4, -0.2) is 48.8 Å². The van der Waals surface area contributed by atoms with Crippen LogP contribution in [0.2, 0.25) is 0 Å². The maximum atomic E-state index is 11.9. The van der Waals surface area contributed by atoms with Crippen LogP contribution < -0.4 is 5.73 Å². The number of esters is 1. The lowest BCUT2D eigenvalue weighted by atomic mass is 10.2. The molecule has 0 aliphatic carbocycles. The zero-order chi connectivity index (χ0) is 20.2. The number of alkyl halides is 3. The molecular formula is C12H15F3N6O5. The van der Waals surface area contributed by atoms with Gasteiger partial charge < -0.3 is 25.7 Å². The summed E-state index contributed by atoms with van der Waals surface area (Å²) in [6, 6.07) is 2.05. The number of nitrogen functional groups attached to an aromatic ring is 1. The van der Waals surface area contributed by atoms with Crippen molar-refractivity contribution in [1.29, 1.82) is 0 Å². The predicted molar refractivity (Wildman–Crippen MR) is 79.8 cm³/mol. The van der Waals surface area contributed by atoms with Gasteiger partial charge in [0.15, 0.2) is 11.8 Å². The van der Waals surface area contributed by atoms with Gasteiger partial charge >= 0.3 is 18.0 Å². The Hall–Kier alpha value is -3.16. The Kier molecular flexibility index (Phi) is 6.28. The number of aliphatic hydroxyl groups excluding tert-OH is 1. The van der Waals surface area contributed by atoms with E-state index in [-0.39, 0.29) is 17.3 Å². The van der Waals surface area contributed by atoms with Gasteiger partial charge in [0.05, 0.1) is 13.2 Å². The van der Waals surface area contributed by atoms with Crippen molar-refractivity contribution in [2.45, 2.75) is 12.3 Å². The Bertz CT molecular complexity index is 780. The fourth-order valence-corrected chi connectivity index (χ4v) is 1.64. The minimum absolute atomic E-state index is 0.0679. The van der Waals surface area contributed by atoms with E-state index in [1.807, 2.05) is 0 Å². The van der Waals surface area contributed by atoms with E-state index in [4.69, 9.17) is 10.8 Å². The van der Waals surface area contributed by atoms with Gasteiger partial charge in [-0.05, 0) is 4.92 Å². The van der Waals surface area contributed by atoms with E-state index in [1.54, 1.807) is 0 Å². The third kappa shape index (κ3) is 4.92. The molecule has 11 nitrogen and oxygen atoms in total.